The Bertz CT molecular complexity index is 1490. The molecule has 1 heterocycles. The minimum atomic E-state index is -0.131. The van der Waals surface area contributed by atoms with Crippen molar-refractivity contribution in [3.8, 4) is 5.69 Å². The van der Waals surface area contributed by atoms with Crippen molar-refractivity contribution in [1.29, 1.82) is 0 Å². The van der Waals surface area contributed by atoms with Crippen LogP contribution in [0.4, 0.5) is 5.69 Å². The van der Waals surface area contributed by atoms with Gasteiger partial charge in [-0.05, 0) is 53.1 Å². The summed E-state index contributed by atoms with van der Waals surface area (Å²) < 4.78 is 2.03. The van der Waals surface area contributed by atoms with Crippen LogP contribution in [0.3, 0.4) is 0 Å². The Hall–Kier alpha value is -3.61. The number of anilines is 1. The summed E-state index contributed by atoms with van der Waals surface area (Å²) in [7, 11) is 0. The van der Waals surface area contributed by atoms with Gasteiger partial charge in [-0.25, -0.2) is 0 Å². The fourth-order valence-electron chi connectivity index (χ4n) is 3.96. The number of carbonyl (C=O) groups excluding carboxylic acids is 1. The molecule has 5 rings (SSSR count). The maximum atomic E-state index is 12.6. The van der Waals surface area contributed by atoms with Gasteiger partial charge in [-0.1, -0.05) is 90.1 Å². The van der Waals surface area contributed by atoms with Gasteiger partial charge in [0, 0.05) is 22.8 Å². The summed E-state index contributed by atoms with van der Waals surface area (Å²) in [6, 6.07) is 30.1. The summed E-state index contributed by atoms with van der Waals surface area (Å²) in [5, 5.41) is 15.6. The number of hydrogen-bond donors (Lipinski definition) is 1. The van der Waals surface area contributed by atoms with Crippen molar-refractivity contribution in [1.82, 2.24) is 14.8 Å². The SMILES string of the molecule is Cc1ccc(NC(=O)CSc2nnc(Cc3cccc4ccccc34)n2-c2ccccc2)cc1Cl. The number of fused-ring (bicyclic) bond motifs is 1. The standard InChI is InChI=1S/C28H23ClN4OS/c1-19-14-15-22(17-25(19)29)30-27(34)18-35-28-32-31-26(33(28)23-11-3-2-4-12-23)16-21-10-7-9-20-8-5-6-13-24(20)21/h2-15,17H,16,18H2,1H3,(H,30,34). The van der Waals surface area contributed by atoms with Gasteiger partial charge in [0.15, 0.2) is 5.16 Å². The van der Waals surface area contributed by atoms with Crippen molar-refractivity contribution in [2.75, 3.05) is 11.1 Å². The van der Waals surface area contributed by atoms with Crippen LogP contribution < -0.4 is 5.32 Å². The normalized spacial score (nSPS) is 11.0. The Kier molecular flexibility index (Phi) is 6.84. The molecule has 0 aliphatic heterocycles. The molecule has 0 saturated heterocycles. The Morgan fingerprint density at radius 1 is 0.943 bits per heavy atom. The van der Waals surface area contributed by atoms with E-state index in [1.807, 2.05) is 60.0 Å². The molecule has 5 nitrogen and oxygen atoms in total. The average molecular weight is 499 g/mol. The van der Waals surface area contributed by atoms with E-state index in [-0.39, 0.29) is 11.7 Å². The third kappa shape index (κ3) is 5.24. The first kappa shape index (κ1) is 23.1. The van der Waals surface area contributed by atoms with Crippen molar-refractivity contribution in [3.63, 3.8) is 0 Å². The first-order chi connectivity index (χ1) is 17.1. The molecule has 0 fully saturated rings. The molecule has 0 bridgehead atoms. The predicted molar refractivity (Wildman–Crippen MR) is 144 cm³/mol. The van der Waals surface area contributed by atoms with Crippen molar-refractivity contribution in [3.05, 3.63) is 113 Å². The van der Waals surface area contributed by atoms with Gasteiger partial charge >= 0.3 is 0 Å². The second-order valence-corrected chi connectivity index (χ2v) is 9.54. The molecule has 7 heteroatoms. The molecule has 0 spiro atoms. The molecule has 1 aromatic heterocycles. The molecule has 174 valence electrons. The molecule has 0 unspecified atom stereocenters. The van der Waals surface area contributed by atoms with Gasteiger partial charge in [0.1, 0.15) is 5.82 Å². The first-order valence-electron chi connectivity index (χ1n) is 11.2. The number of rotatable bonds is 7. The Labute approximate surface area is 213 Å². The Morgan fingerprint density at radius 2 is 1.71 bits per heavy atom. The quantitative estimate of drug-likeness (QED) is 0.253. The van der Waals surface area contributed by atoms with Crippen LogP contribution in [0.1, 0.15) is 17.0 Å². The van der Waals surface area contributed by atoms with E-state index >= 15 is 0 Å². The Morgan fingerprint density at radius 3 is 2.54 bits per heavy atom. The highest BCUT2D eigenvalue weighted by atomic mass is 35.5. The molecule has 0 aliphatic rings. The van der Waals surface area contributed by atoms with Gasteiger partial charge in [0.05, 0.1) is 5.75 Å². The highest BCUT2D eigenvalue weighted by Gasteiger charge is 2.17. The number of aromatic nitrogens is 3. The lowest BCUT2D eigenvalue weighted by Gasteiger charge is -2.12. The summed E-state index contributed by atoms with van der Waals surface area (Å²) in [5.41, 5.74) is 3.78. The average Bonchev–Trinajstić information content (AvgIpc) is 3.28. The van der Waals surface area contributed by atoms with Crippen LogP contribution >= 0.6 is 23.4 Å². The zero-order valence-corrected chi connectivity index (χ0v) is 20.7. The number of nitrogens with one attached hydrogen (secondary N) is 1. The minimum Gasteiger partial charge on any atom is -0.325 e. The predicted octanol–water partition coefficient (Wildman–Crippen LogP) is 6.70. The van der Waals surface area contributed by atoms with Crippen LogP contribution in [0.25, 0.3) is 16.5 Å². The molecule has 35 heavy (non-hydrogen) atoms. The number of benzene rings is 4. The number of aryl methyl sites for hydroxylation is 1. The van der Waals surface area contributed by atoms with E-state index in [0.717, 1.165) is 17.1 Å². The number of nitrogens with zero attached hydrogens (tertiary/aromatic N) is 3. The minimum absolute atomic E-state index is 0.131. The van der Waals surface area contributed by atoms with Gasteiger partial charge in [-0.3, -0.25) is 9.36 Å². The Balaban J connectivity index is 1.40. The van der Waals surface area contributed by atoms with Crippen molar-refractivity contribution in [2.45, 2.75) is 18.5 Å². The number of amides is 1. The number of halogens is 1. The summed E-state index contributed by atoms with van der Waals surface area (Å²) in [5.74, 6) is 0.888. The third-order valence-electron chi connectivity index (χ3n) is 5.73. The lowest BCUT2D eigenvalue weighted by Crippen LogP contribution is -2.14. The van der Waals surface area contributed by atoms with Crippen LogP contribution in [0.5, 0.6) is 0 Å². The molecule has 1 N–H and O–H groups in total. The second kappa shape index (κ2) is 10.3. The van der Waals surface area contributed by atoms with E-state index in [1.165, 1.54) is 28.1 Å². The van der Waals surface area contributed by atoms with Crippen LogP contribution in [-0.2, 0) is 11.2 Å². The van der Waals surface area contributed by atoms with E-state index in [0.29, 0.717) is 22.3 Å². The maximum absolute atomic E-state index is 12.6. The third-order valence-corrected chi connectivity index (χ3v) is 7.07. The van der Waals surface area contributed by atoms with Crippen molar-refractivity contribution >= 4 is 45.7 Å². The van der Waals surface area contributed by atoms with E-state index in [1.54, 1.807) is 6.07 Å². The van der Waals surface area contributed by atoms with Crippen LogP contribution in [-0.4, -0.2) is 26.4 Å². The molecular formula is C28H23ClN4OS. The summed E-state index contributed by atoms with van der Waals surface area (Å²) in [6.07, 6.45) is 0.623. The van der Waals surface area contributed by atoms with E-state index in [2.05, 4.69) is 51.9 Å². The monoisotopic (exact) mass is 498 g/mol. The zero-order chi connectivity index (χ0) is 24.2. The smallest absolute Gasteiger partial charge is 0.234 e. The largest absolute Gasteiger partial charge is 0.325 e. The molecule has 0 atom stereocenters. The fraction of sp³-hybridized carbons (Fsp3) is 0.107. The zero-order valence-electron chi connectivity index (χ0n) is 19.1. The maximum Gasteiger partial charge on any atom is 0.234 e. The number of hydrogen-bond acceptors (Lipinski definition) is 4. The molecule has 0 aliphatic carbocycles. The molecule has 0 radical (unpaired) electrons. The van der Waals surface area contributed by atoms with Crippen molar-refractivity contribution in [2.24, 2.45) is 0 Å². The molecule has 0 saturated carbocycles. The summed E-state index contributed by atoms with van der Waals surface area (Å²) in [6.45, 7) is 1.93. The van der Waals surface area contributed by atoms with Crippen LogP contribution in [0, 0.1) is 6.92 Å². The lowest BCUT2D eigenvalue weighted by molar-refractivity contribution is -0.113. The lowest BCUT2D eigenvalue weighted by atomic mass is 10.0. The number of carbonyl (C=O) groups is 1. The van der Waals surface area contributed by atoms with Gasteiger partial charge in [-0.2, -0.15) is 0 Å². The molecular weight excluding hydrogens is 476 g/mol. The first-order valence-corrected chi connectivity index (χ1v) is 12.6. The summed E-state index contributed by atoms with van der Waals surface area (Å²) >= 11 is 7.54. The van der Waals surface area contributed by atoms with E-state index in [9.17, 15) is 4.79 Å². The van der Waals surface area contributed by atoms with Crippen molar-refractivity contribution < 1.29 is 4.79 Å². The number of thioether (sulfide) groups is 1. The number of para-hydroxylation sites is 1. The van der Waals surface area contributed by atoms with E-state index in [4.69, 9.17) is 11.6 Å². The van der Waals surface area contributed by atoms with Gasteiger partial charge < -0.3 is 5.32 Å². The van der Waals surface area contributed by atoms with Gasteiger partial charge in [-0.15, -0.1) is 10.2 Å². The topological polar surface area (TPSA) is 59.8 Å². The highest BCUT2D eigenvalue weighted by molar-refractivity contribution is 7.99. The molecule has 1 amide bonds. The fourth-order valence-corrected chi connectivity index (χ4v) is 4.91. The highest BCUT2D eigenvalue weighted by Crippen LogP contribution is 2.26. The van der Waals surface area contributed by atoms with Gasteiger partial charge in [0.2, 0.25) is 5.91 Å². The van der Waals surface area contributed by atoms with Crippen LogP contribution in [0.15, 0.2) is 96.2 Å². The van der Waals surface area contributed by atoms with E-state index < -0.39 is 0 Å². The second-order valence-electron chi connectivity index (χ2n) is 8.19. The molecule has 5 aromatic rings. The van der Waals surface area contributed by atoms with Gasteiger partial charge in [0.25, 0.3) is 0 Å². The summed E-state index contributed by atoms with van der Waals surface area (Å²) in [4.78, 5) is 12.6. The van der Waals surface area contributed by atoms with Crippen LogP contribution in [0.2, 0.25) is 5.02 Å². The molecule has 4 aromatic carbocycles.